The van der Waals surface area contributed by atoms with Crippen molar-refractivity contribution in [2.24, 2.45) is 0 Å². The normalized spacial score (nSPS) is 8.40. The molecule has 0 fully saturated rings. The Hall–Kier alpha value is -1.29. The fourth-order valence-corrected chi connectivity index (χ4v) is 0.515. The van der Waals surface area contributed by atoms with Crippen LogP contribution in [0.3, 0.4) is 0 Å². The highest BCUT2D eigenvalue weighted by atomic mass is 35.5. The topological polar surface area (TPSA) is 52.6 Å². The van der Waals surface area contributed by atoms with Crippen LogP contribution in [0.15, 0.2) is 24.3 Å². The van der Waals surface area contributed by atoms with E-state index in [1.54, 1.807) is 13.8 Å². The number of hydrogen-bond donors (Lipinski definition) is 0. The van der Waals surface area contributed by atoms with Gasteiger partial charge in [-0.25, -0.2) is 9.59 Å². The van der Waals surface area contributed by atoms with Gasteiger partial charge in [0.2, 0.25) is 0 Å². The average molecular weight is 235 g/mol. The number of carbonyl (C=O) groups is 2. The van der Waals surface area contributed by atoms with Crippen molar-refractivity contribution in [3.05, 3.63) is 24.3 Å². The first-order valence-corrected chi connectivity index (χ1v) is 4.10. The van der Waals surface area contributed by atoms with E-state index in [2.05, 4.69) is 22.6 Å². The zero-order chi connectivity index (χ0) is 11.1. The molecule has 0 aromatic heterocycles. The fourth-order valence-electron chi connectivity index (χ4n) is 0.515. The van der Waals surface area contributed by atoms with E-state index >= 15 is 0 Å². The molecule has 5 heteroatoms. The quantitative estimate of drug-likeness (QED) is 0.412. The Bertz CT molecular complexity index is 243. The van der Waals surface area contributed by atoms with Gasteiger partial charge in [-0.15, -0.1) is 12.4 Å². The van der Waals surface area contributed by atoms with Crippen LogP contribution in [0, 0.1) is 0 Å². The van der Waals surface area contributed by atoms with E-state index in [4.69, 9.17) is 0 Å². The van der Waals surface area contributed by atoms with Crippen LogP contribution in [0.1, 0.15) is 13.8 Å². The van der Waals surface area contributed by atoms with E-state index in [1.807, 2.05) is 0 Å². The van der Waals surface area contributed by atoms with Gasteiger partial charge in [0.25, 0.3) is 0 Å². The molecule has 86 valence electrons. The van der Waals surface area contributed by atoms with Crippen LogP contribution in [0.25, 0.3) is 0 Å². The van der Waals surface area contributed by atoms with Crippen LogP contribution in [0.2, 0.25) is 0 Å². The second kappa shape index (κ2) is 8.05. The predicted octanol–water partition coefficient (Wildman–Crippen LogP) is 1.65. The van der Waals surface area contributed by atoms with Crippen molar-refractivity contribution in [2.45, 2.75) is 13.8 Å². The monoisotopic (exact) mass is 234 g/mol. The van der Waals surface area contributed by atoms with E-state index in [0.29, 0.717) is 11.1 Å². The molecule has 0 aromatic carbocycles. The van der Waals surface area contributed by atoms with Crippen LogP contribution in [0.5, 0.6) is 0 Å². The van der Waals surface area contributed by atoms with Gasteiger partial charge in [0.1, 0.15) is 13.2 Å². The van der Waals surface area contributed by atoms with E-state index < -0.39 is 11.9 Å². The lowest BCUT2D eigenvalue weighted by molar-refractivity contribution is -0.147. The average Bonchev–Trinajstić information content (AvgIpc) is 2.11. The van der Waals surface area contributed by atoms with Crippen molar-refractivity contribution in [2.75, 3.05) is 13.2 Å². The third kappa shape index (κ3) is 7.76. The minimum Gasteiger partial charge on any atom is -0.459 e. The molecule has 0 saturated carbocycles. The Morgan fingerprint density at radius 3 is 1.40 bits per heavy atom. The maximum Gasteiger partial charge on any atom is 0.333 e. The van der Waals surface area contributed by atoms with Crippen LogP contribution in [-0.4, -0.2) is 25.2 Å². The maximum atomic E-state index is 10.8. The van der Waals surface area contributed by atoms with Crippen molar-refractivity contribution in [1.82, 2.24) is 0 Å². The zero-order valence-corrected chi connectivity index (χ0v) is 9.69. The molecule has 15 heavy (non-hydrogen) atoms. The summed E-state index contributed by atoms with van der Waals surface area (Å²) >= 11 is 0. The third-order valence-electron chi connectivity index (χ3n) is 1.25. The molecule has 0 heterocycles. The number of esters is 2. The number of halogens is 1. The first-order chi connectivity index (χ1) is 6.45. The summed E-state index contributed by atoms with van der Waals surface area (Å²) in [6.07, 6.45) is 0. The summed E-state index contributed by atoms with van der Waals surface area (Å²) in [6.45, 7) is 9.95. The molecule has 0 unspecified atom stereocenters. The Kier molecular flexibility index (Phi) is 8.67. The molecule has 0 rings (SSSR count). The van der Waals surface area contributed by atoms with Crippen molar-refractivity contribution >= 4 is 24.3 Å². The second-order valence-corrected chi connectivity index (χ2v) is 2.83. The highest BCUT2D eigenvalue weighted by Gasteiger charge is 2.05. The number of ether oxygens (including phenoxy) is 2. The smallest absolute Gasteiger partial charge is 0.333 e. The summed E-state index contributed by atoms with van der Waals surface area (Å²) in [6, 6.07) is 0. The number of hydrogen-bond acceptors (Lipinski definition) is 4. The molecule has 0 aliphatic heterocycles. The van der Waals surface area contributed by atoms with Crippen LogP contribution in [-0.2, 0) is 19.1 Å². The summed E-state index contributed by atoms with van der Waals surface area (Å²) in [5, 5.41) is 0. The second-order valence-electron chi connectivity index (χ2n) is 2.83. The van der Waals surface area contributed by atoms with Gasteiger partial charge >= 0.3 is 11.9 Å². The summed E-state index contributed by atoms with van der Waals surface area (Å²) in [4.78, 5) is 21.7. The molecule has 4 nitrogen and oxygen atoms in total. The lowest BCUT2D eigenvalue weighted by Gasteiger charge is -2.05. The molecule has 0 radical (unpaired) electrons. The largest absolute Gasteiger partial charge is 0.459 e. The summed E-state index contributed by atoms with van der Waals surface area (Å²) in [5.74, 6) is -0.979. The summed E-state index contributed by atoms with van der Waals surface area (Å²) < 4.78 is 9.38. The molecular weight excluding hydrogens is 220 g/mol. The van der Waals surface area contributed by atoms with Gasteiger partial charge < -0.3 is 9.47 Å². The molecule has 0 amide bonds. The number of rotatable bonds is 5. The van der Waals surface area contributed by atoms with Gasteiger partial charge in [-0.1, -0.05) is 13.2 Å². The Morgan fingerprint density at radius 1 is 0.933 bits per heavy atom. The standard InChI is InChI=1S/C10H14O4.ClH/c1-7(2)9(11)13-5-6-14-10(12)8(3)4;/h1,3,5-6H2,2,4H3;1H. The maximum absolute atomic E-state index is 10.8. The number of carbonyl (C=O) groups excluding carboxylic acids is 2. The van der Waals surface area contributed by atoms with Gasteiger partial charge in [0.15, 0.2) is 0 Å². The van der Waals surface area contributed by atoms with Crippen molar-refractivity contribution < 1.29 is 19.1 Å². The molecule has 0 aliphatic rings. The van der Waals surface area contributed by atoms with Gasteiger partial charge in [-0.2, -0.15) is 0 Å². The Morgan fingerprint density at radius 2 is 1.20 bits per heavy atom. The SMILES string of the molecule is C=C(C)C(=O)OCCOC(=O)C(=C)C.Cl. The van der Waals surface area contributed by atoms with Crippen LogP contribution in [0.4, 0.5) is 0 Å². The molecular formula is C10H15ClO4. The Labute approximate surface area is 95.3 Å². The first kappa shape index (κ1) is 16.2. The van der Waals surface area contributed by atoms with Crippen molar-refractivity contribution in [3.63, 3.8) is 0 Å². The highest BCUT2D eigenvalue weighted by Crippen LogP contribution is 1.94. The van der Waals surface area contributed by atoms with Gasteiger partial charge in [-0.3, -0.25) is 0 Å². The molecule has 0 aliphatic carbocycles. The zero-order valence-electron chi connectivity index (χ0n) is 8.87. The van der Waals surface area contributed by atoms with Crippen molar-refractivity contribution in [3.8, 4) is 0 Å². The van der Waals surface area contributed by atoms with Crippen LogP contribution >= 0.6 is 12.4 Å². The van der Waals surface area contributed by atoms with Gasteiger partial charge in [0, 0.05) is 11.1 Å². The Balaban J connectivity index is 0. The van der Waals surface area contributed by atoms with Crippen molar-refractivity contribution in [1.29, 1.82) is 0 Å². The molecule has 0 aromatic rings. The van der Waals surface area contributed by atoms with E-state index in [9.17, 15) is 9.59 Å². The third-order valence-corrected chi connectivity index (χ3v) is 1.25. The molecule has 0 bridgehead atoms. The lowest BCUT2D eigenvalue weighted by atomic mass is 10.4. The van der Waals surface area contributed by atoms with Crippen LogP contribution < -0.4 is 0 Å². The van der Waals surface area contributed by atoms with Gasteiger partial charge in [0.05, 0.1) is 0 Å². The molecule has 0 atom stereocenters. The first-order valence-electron chi connectivity index (χ1n) is 4.10. The van der Waals surface area contributed by atoms with E-state index in [1.165, 1.54) is 0 Å². The molecule has 0 saturated heterocycles. The minimum atomic E-state index is -0.489. The summed E-state index contributed by atoms with van der Waals surface area (Å²) in [5.41, 5.74) is 0.632. The summed E-state index contributed by atoms with van der Waals surface area (Å²) in [7, 11) is 0. The predicted molar refractivity (Wildman–Crippen MR) is 58.8 cm³/mol. The minimum absolute atomic E-state index is 0. The van der Waals surface area contributed by atoms with E-state index in [0.717, 1.165) is 0 Å². The molecule has 0 spiro atoms. The lowest BCUT2D eigenvalue weighted by Crippen LogP contribution is -2.14. The van der Waals surface area contributed by atoms with Gasteiger partial charge in [-0.05, 0) is 13.8 Å². The highest BCUT2D eigenvalue weighted by molar-refractivity contribution is 5.87. The fraction of sp³-hybridized carbons (Fsp3) is 0.400. The molecule has 0 N–H and O–H groups in total. The van der Waals surface area contributed by atoms with E-state index in [-0.39, 0.29) is 25.6 Å².